The molecule has 0 spiro atoms. The number of nitrogens with one attached hydrogen (secondary N) is 2. The van der Waals surface area contributed by atoms with Gasteiger partial charge < -0.3 is 19.9 Å². The maximum absolute atomic E-state index is 12.3. The molecule has 5 nitrogen and oxygen atoms in total. The number of amides is 1. The van der Waals surface area contributed by atoms with Gasteiger partial charge in [-0.15, -0.1) is 0 Å². The third-order valence-corrected chi connectivity index (χ3v) is 4.78. The summed E-state index contributed by atoms with van der Waals surface area (Å²) >= 11 is 0. The van der Waals surface area contributed by atoms with E-state index in [2.05, 4.69) is 27.3 Å². The summed E-state index contributed by atoms with van der Waals surface area (Å²) in [6, 6.07) is 14.0. The van der Waals surface area contributed by atoms with Gasteiger partial charge in [0, 0.05) is 35.2 Å². The Morgan fingerprint density at radius 2 is 1.92 bits per heavy atom. The predicted octanol–water partition coefficient (Wildman–Crippen LogP) is 3.06. The first-order chi connectivity index (χ1) is 12.6. The number of aromatic amines is 1. The Balaban J connectivity index is 1.68. The molecule has 3 aromatic rings. The Hall–Kier alpha value is -2.79. The number of H-pyrrole nitrogens is 1. The maximum Gasteiger partial charge on any atom is 0.251 e. The molecule has 0 atom stereocenters. The van der Waals surface area contributed by atoms with Crippen LogP contribution >= 0.6 is 0 Å². The number of hydrogen-bond acceptors (Lipinski definition) is 3. The average molecular weight is 349 g/mol. The van der Waals surface area contributed by atoms with Gasteiger partial charge in [-0.25, -0.2) is 0 Å². The van der Waals surface area contributed by atoms with Crippen LogP contribution in [0.5, 0.6) is 5.75 Å². The van der Waals surface area contributed by atoms with Gasteiger partial charge in [0.15, 0.2) is 0 Å². The van der Waals surface area contributed by atoms with Crippen LogP contribution in [-0.4, -0.2) is 49.6 Å². The van der Waals surface area contributed by atoms with Crippen molar-refractivity contribution in [2.24, 2.45) is 0 Å². The molecule has 2 aromatic carbocycles. The number of ether oxygens (including phenoxy) is 1. The minimum Gasteiger partial charge on any atom is -0.492 e. The molecule has 4 rings (SSSR count). The van der Waals surface area contributed by atoms with Crippen LogP contribution in [0.3, 0.4) is 0 Å². The number of benzene rings is 2. The Morgan fingerprint density at radius 1 is 1.12 bits per heavy atom. The lowest BCUT2D eigenvalue weighted by Gasteiger charge is -2.11. The molecular weight excluding hydrogens is 326 g/mol. The molecule has 0 saturated heterocycles. The molecule has 0 radical (unpaired) electrons. The Bertz CT molecular complexity index is 942. The largest absolute Gasteiger partial charge is 0.492 e. The van der Waals surface area contributed by atoms with Crippen molar-refractivity contribution < 1.29 is 9.53 Å². The average Bonchev–Trinajstić information content (AvgIpc) is 2.91. The summed E-state index contributed by atoms with van der Waals surface area (Å²) in [5, 5.41) is 4.03. The van der Waals surface area contributed by atoms with E-state index >= 15 is 0 Å². The van der Waals surface area contributed by atoms with Gasteiger partial charge in [-0.05, 0) is 68.0 Å². The Labute approximate surface area is 153 Å². The number of hydrogen-bond donors (Lipinski definition) is 2. The van der Waals surface area contributed by atoms with Crippen molar-refractivity contribution in [2.75, 3.05) is 33.8 Å². The molecule has 0 fully saturated rings. The van der Waals surface area contributed by atoms with Gasteiger partial charge in [0.05, 0.1) is 0 Å². The summed E-state index contributed by atoms with van der Waals surface area (Å²) in [5.74, 6) is 0.875. The van der Waals surface area contributed by atoms with E-state index in [1.807, 2.05) is 44.4 Å². The number of likely N-dealkylation sites (N-methyl/N-ethyl adjacent to an activating group) is 1. The summed E-state index contributed by atoms with van der Waals surface area (Å²) in [5.41, 5.74) is 5.16. The highest BCUT2D eigenvalue weighted by Crippen LogP contribution is 2.34. The van der Waals surface area contributed by atoms with Gasteiger partial charge in [-0.3, -0.25) is 4.79 Å². The summed E-state index contributed by atoms with van der Waals surface area (Å²) in [7, 11) is 4.06. The van der Waals surface area contributed by atoms with E-state index in [1.54, 1.807) is 0 Å². The second-order valence-electron chi connectivity index (χ2n) is 6.89. The molecule has 1 aliphatic rings. The summed E-state index contributed by atoms with van der Waals surface area (Å²) in [6.07, 6.45) is 0.819. The van der Waals surface area contributed by atoms with Crippen molar-refractivity contribution in [3.63, 3.8) is 0 Å². The zero-order chi connectivity index (χ0) is 18.1. The minimum atomic E-state index is 0.00420. The van der Waals surface area contributed by atoms with E-state index in [-0.39, 0.29) is 5.91 Å². The van der Waals surface area contributed by atoms with E-state index in [0.717, 1.165) is 46.4 Å². The van der Waals surface area contributed by atoms with Gasteiger partial charge in [0.1, 0.15) is 12.4 Å². The highest BCUT2D eigenvalue weighted by atomic mass is 16.5. The van der Waals surface area contributed by atoms with Gasteiger partial charge in [0.2, 0.25) is 0 Å². The van der Waals surface area contributed by atoms with Crippen molar-refractivity contribution >= 4 is 16.8 Å². The lowest BCUT2D eigenvalue weighted by atomic mass is 10.0. The van der Waals surface area contributed by atoms with Crippen LogP contribution in [0, 0.1) is 0 Å². The quantitative estimate of drug-likeness (QED) is 0.744. The van der Waals surface area contributed by atoms with Crippen LogP contribution in [0.2, 0.25) is 0 Å². The molecule has 0 unspecified atom stereocenters. The number of carbonyl (C=O) groups is 1. The minimum absolute atomic E-state index is 0.00420. The van der Waals surface area contributed by atoms with Crippen molar-refractivity contribution in [1.82, 2.24) is 15.2 Å². The first kappa shape index (κ1) is 16.7. The van der Waals surface area contributed by atoms with Crippen LogP contribution in [0.15, 0.2) is 42.5 Å². The third kappa shape index (κ3) is 3.06. The number of rotatable bonds is 5. The van der Waals surface area contributed by atoms with Gasteiger partial charge in [0.25, 0.3) is 5.91 Å². The van der Waals surface area contributed by atoms with Crippen LogP contribution in [-0.2, 0) is 6.42 Å². The highest BCUT2D eigenvalue weighted by molar-refractivity contribution is 6.10. The molecule has 1 aliphatic heterocycles. The molecule has 26 heavy (non-hydrogen) atoms. The lowest BCUT2D eigenvalue weighted by molar-refractivity contribution is 0.0957. The smallest absolute Gasteiger partial charge is 0.251 e. The first-order valence-electron chi connectivity index (χ1n) is 8.93. The van der Waals surface area contributed by atoms with E-state index in [0.29, 0.717) is 13.2 Å². The number of nitrogens with zero attached hydrogens (tertiary/aromatic N) is 1. The Kier molecular flexibility index (Phi) is 4.39. The molecule has 1 amide bonds. The van der Waals surface area contributed by atoms with Crippen molar-refractivity contribution in [2.45, 2.75) is 6.42 Å². The van der Waals surface area contributed by atoms with E-state index < -0.39 is 0 Å². The van der Waals surface area contributed by atoms with Crippen LogP contribution in [0.4, 0.5) is 0 Å². The standard InChI is InChI=1S/C21H23N3O2/c1-24(2)12-13-26-15-8-6-14(7-9-15)20-16-10-11-22-21(25)17-4-3-5-18(23-20)19(16)17/h3-9,23H,10-13H2,1-2H3,(H,22,25). The van der Waals surface area contributed by atoms with Gasteiger partial charge in [-0.1, -0.05) is 6.07 Å². The summed E-state index contributed by atoms with van der Waals surface area (Å²) < 4.78 is 5.78. The molecule has 2 N–H and O–H groups in total. The van der Waals surface area contributed by atoms with Crippen molar-refractivity contribution in [3.05, 3.63) is 53.6 Å². The fraction of sp³-hybridized carbons (Fsp3) is 0.286. The van der Waals surface area contributed by atoms with E-state index in [4.69, 9.17) is 4.74 Å². The van der Waals surface area contributed by atoms with Crippen LogP contribution < -0.4 is 10.1 Å². The molecule has 2 heterocycles. The van der Waals surface area contributed by atoms with Crippen molar-refractivity contribution in [3.8, 4) is 17.0 Å². The molecule has 134 valence electrons. The van der Waals surface area contributed by atoms with Gasteiger partial charge >= 0.3 is 0 Å². The monoisotopic (exact) mass is 349 g/mol. The van der Waals surface area contributed by atoms with Gasteiger partial charge in [-0.2, -0.15) is 0 Å². The van der Waals surface area contributed by atoms with Crippen molar-refractivity contribution in [1.29, 1.82) is 0 Å². The summed E-state index contributed by atoms with van der Waals surface area (Å²) in [6.45, 7) is 2.21. The normalized spacial score (nSPS) is 13.7. The third-order valence-electron chi connectivity index (χ3n) is 4.78. The number of aromatic nitrogens is 1. The second-order valence-corrected chi connectivity index (χ2v) is 6.89. The molecule has 5 heteroatoms. The molecule has 0 bridgehead atoms. The fourth-order valence-corrected chi connectivity index (χ4v) is 3.46. The molecule has 0 aliphatic carbocycles. The zero-order valence-electron chi connectivity index (χ0n) is 15.1. The van der Waals surface area contributed by atoms with Crippen LogP contribution in [0.1, 0.15) is 15.9 Å². The second kappa shape index (κ2) is 6.84. The topological polar surface area (TPSA) is 57.4 Å². The van der Waals surface area contributed by atoms with E-state index in [1.165, 1.54) is 5.56 Å². The fourth-order valence-electron chi connectivity index (χ4n) is 3.46. The molecule has 1 aromatic heterocycles. The molecule has 0 saturated carbocycles. The zero-order valence-corrected chi connectivity index (χ0v) is 15.1. The van der Waals surface area contributed by atoms with E-state index in [9.17, 15) is 4.79 Å². The highest BCUT2D eigenvalue weighted by Gasteiger charge is 2.21. The lowest BCUT2D eigenvalue weighted by Crippen LogP contribution is -2.23. The molecular formula is C21H23N3O2. The maximum atomic E-state index is 12.3. The predicted molar refractivity (Wildman–Crippen MR) is 104 cm³/mol. The summed E-state index contributed by atoms with van der Waals surface area (Å²) in [4.78, 5) is 17.9. The first-order valence-corrected chi connectivity index (χ1v) is 8.93. The number of carbonyl (C=O) groups excluding carboxylic acids is 1. The SMILES string of the molecule is CN(C)CCOc1ccc(-c2[nH]c3cccc4c3c2CCNC4=O)cc1. The van der Waals surface area contributed by atoms with Crippen LogP contribution in [0.25, 0.3) is 22.2 Å². The Morgan fingerprint density at radius 3 is 2.69 bits per heavy atom.